The first-order valence-electron chi connectivity index (χ1n) is 13.5. The molecule has 2 aromatic heterocycles. The molecule has 1 N–H and O–H groups in total. The number of fused-ring (bicyclic) bond motifs is 1. The number of benzene rings is 2. The number of nitrogens with one attached hydrogen (secondary N) is 1. The Labute approximate surface area is 229 Å². The Balaban J connectivity index is 1.30. The lowest BCUT2D eigenvalue weighted by Crippen LogP contribution is -2.44. The Bertz CT molecular complexity index is 1460. The lowest BCUT2D eigenvalue weighted by atomic mass is 10.0. The summed E-state index contributed by atoms with van der Waals surface area (Å²) in [6.07, 6.45) is 4.26. The van der Waals surface area contributed by atoms with Gasteiger partial charge in [0.2, 0.25) is 0 Å². The molecular weight excluding hydrogens is 490 g/mol. The third kappa shape index (κ3) is 5.81. The van der Waals surface area contributed by atoms with E-state index in [1.54, 1.807) is 55.6 Å². The van der Waals surface area contributed by atoms with Gasteiger partial charge in [-0.2, -0.15) is 0 Å². The number of pyridine rings is 1. The number of hydrogen-bond donors (Lipinski definition) is 1. The lowest BCUT2D eigenvalue weighted by Gasteiger charge is -2.32. The number of methoxy groups -OCH3 is 1. The second kappa shape index (κ2) is 11.7. The fourth-order valence-electron chi connectivity index (χ4n) is 5.20. The summed E-state index contributed by atoms with van der Waals surface area (Å²) in [6, 6.07) is 21.3. The first-order chi connectivity index (χ1) is 19.0. The molecule has 202 valence electrons. The molecule has 0 atom stereocenters. The summed E-state index contributed by atoms with van der Waals surface area (Å²) in [5.74, 6) is 0.984. The average molecular weight is 526 g/mol. The quantitative estimate of drug-likeness (QED) is 0.364. The molecule has 2 amide bonds. The summed E-state index contributed by atoms with van der Waals surface area (Å²) in [6.45, 7) is 4.83. The Morgan fingerprint density at radius 1 is 1.03 bits per heavy atom. The predicted molar refractivity (Wildman–Crippen MR) is 153 cm³/mol. The molecule has 0 radical (unpaired) electrons. The second-order valence-corrected chi connectivity index (χ2v) is 9.99. The molecule has 8 heteroatoms. The van der Waals surface area contributed by atoms with Gasteiger partial charge in [0.05, 0.1) is 18.4 Å². The van der Waals surface area contributed by atoms with Crippen LogP contribution in [0.5, 0.6) is 5.75 Å². The lowest BCUT2D eigenvalue weighted by molar-refractivity contribution is 0.0908. The third-order valence-corrected chi connectivity index (χ3v) is 7.37. The van der Waals surface area contributed by atoms with Gasteiger partial charge in [-0.15, -0.1) is 0 Å². The van der Waals surface area contributed by atoms with E-state index in [0.29, 0.717) is 34.8 Å². The predicted octanol–water partition coefficient (Wildman–Crippen LogP) is 4.58. The maximum absolute atomic E-state index is 13.4. The normalized spacial score (nSPS) is 14.3. The van der Waals surface area contributed by atoms with Crippen LogP contribution in [0.1, 0.15) is 51.7 Å². The molecule has 39 heavy (non-hydrogen) atoms. The number of amides is 2. The Kier molecular flexibility index (Phi) is 7.93. The Morgan fingerprint density at radius 3 is 2.51 bits per heavy atom. The van der Waals surface area contributed by atoms with Crippen molar-refractivity contribution in [3.63, 3.8) is 0 Å². The minimum atomic E-state index is -0.178. The molecule has 4 aromatic rings. The largest absolute Gasteiger partial charge is 0.497 e. The van der Waals surface area contributed by atoms with Crippen molar-refractivity contribution >= 4 is 23.3 Å². The van der Waals surface area contributed by atoms with Crippen LogP contribution in [0.3, 0.4) is 0 Å². The van der Waals surface area contributed by atoms with Crippen molar-refractivity contribution in [1.82, 2.24) is 19.6 Å². The molecule has 0 saturated carbocycles. The summed E-state index contributed by atoms with van der Waals surface area (Å²) in [7, 11) is 3.31. The Morgan fingerprint density at radius 2 is 1.79 bits per heavy atom. The zero-order valence-electron chi connectivity index (χ0n) is 22.8. The highest BCUT2D eigenvalue weighted by Gasteiger charge is 2.24. The van der Waals surface area contributed by atoms with Gasteiger partial charge in [0.15, 0.2) is 0 Å². The van der Waals surface area contributed by atoms with Crippen molar-refractivity contribution in [2.24, 2.45) is 0 Å². The molecule has 0 unspecified atom stereocenters. The Hall–Kier alpha value is -4.17. The molecule has 2 aromatic carbocycles. The first-order valence-corrected chi connectivity index (χ1v) is 13.5. The van der Waals surface area contributed by atoms with Crippen LogP contribution >= 0.6 is 0 Å². The minimum Gasteiger partial charge on any atom is -0.497 e. The number of carbonyl (C=O) groups excluding carboxylic acids is 2. The van der Waals surface area contributed by atoms with E-state index in [2.05, 4.69) is 34.5 Å². The van der Waals surface area contributed by atoms with Crippen molar-refractivity contribution in [3.05, 3.63) is 95.3 Å². The molecule has 1 aliphatic heterocycles. The van der Waals surface area contributed by atoms with Crippen molar-refractivity contribution in [2.45, 2.75) is 38.8 Å². The molecule has 1 saturated heterocycles. The average Bonchev–Trinajstić information content (AvgIpc) is 3.36. The number of carbonyl (C=O) groups is 2. The van der Waals surface area contributed by atoms with Gasteiger partial charge in [-0.3, -0.25) is 23.8 Å². The number of ether oxygens (including phenoxy) is 1. The summed E-state index contributed by atoms with van der Waals surface area (Å²) >= 11 is 0. The van der Waals surface area contributed by atoms with E-state index < -0.39 is 0 Å². The topological polar surface area (TPSA) is 79.2 Å². The molecule has 0 spiro atoms. The van der Waals surface area contributed by atoms with Crippen LogP contribution in [-0.4, -0.2) is 59.4 Å². The van der Waals surface area contributed by atoms with Crippen molar-refractivity contribution in [3.8, 4) is 5.75 Å². The van der Waals surface area contributed by atoms with Crippen LogP contribution in [0.4, 0.5) is 5.82 Å². The van der Waals surface area contributed by atoms with Crippen LogP contribution in [0, 0.1) is 0 Å². The van der Waals surface area contributed by atoms with Crippen molar-refractivity contribution in [1.29, 1.82) is 0 Å². The molecular formula is C31H35N5O3. The first kappa shape index (κ1) is 26.4. The van der Waals surface area contributed by atoms with Crippen LogP contribution in [0.25, 0.3) is 5.65 Å². The smallest absolute Gasteiger partial charge is 0.259 e. The third-order valence-electron chi connectivity index (χ3n) is 7.37. The fourth-order valence-corrected chi connectivity index (χ4v) is 5.20. The molecule has 1 fully saturated rings. The number of aromatic nitrogens is 2. The number of rotatable bonds is 8. The standard InChI is InChI=1S/C31H35N5O3/c1-4-27-30(34(2)31(38)23-11-8-12-26(19-23)39-3)36-21-24(13-14-28(36)33-27)29(37)32-25-15-17-35(18-16-25)20-22-9-6-5-7-10-22/h5-14,19,21,25H,4,15-18,20H2,1-3H3,(H,32,37). The maximum Gasteiger partial charge on any atom is 0.259 e. The van der Waals surface area contributed by atoms with Crippen molar-refractivity contribution in [2.75, 3.05) is 32.1 Å². The molecule has 0 bridgehead atoms. The zero-order valence-corrected chi connectivity index (χ0v) is 22.8. The van der Waals surface area contributed by atoms with E-state index in [-0.39, 0.29) is 17.9 Å². The van der Waals surface area contributed by atoms with E-state index >= 15 is 0 Å². The second-order valence-electron chi connectivity index (χ2n) is 9.99. The summed E-state index contributed by atoms with van der Waals surface area (Å²) in [4.78, 5) is 35.4. The SMILES string of the molecule is CCc1nc2ccc(C(=O)NC3CCN(Cc4ccccc4)CC3)cn2c1N(C)C(=O)c1cccc(OC)c1. The summed E-state index contributed by atoms with van der Waals surface area (Å²) < 4.78 is 7.13. The highest BCUT2D eigenvalue weighted by Crippen LogP contribution is 2.26. The number of likely N-dealkylation sites (tertiary alicyclic amines) is 1. The van der Waals surface area contributed by atoms with E-state index in [1.165, 1.54) is 5.56 Å². The van der Waals surface area contributed by atoms with Gasteiger partial charge in [0.25, 0.3) is 11.8 Å². The van der Waals surface area contributed by atoms with Crippen molar-refractivity contribution < 1.29 is 14.3 Å². The molecule has 5 rings (SSSR count). The number of piperidine rings is 1. The van der Waals surface area contributed by atoms with Gasteiger partial charge < -0.3 is 10.1 Å². The molecule has 3 heterocycles. The van der Waals surface area contributed by atoms with Crippen LogP contribution in [0.15, 0.2) is 72.9 Å². The molecule has 0 aliphatic carbocycles. The van der Waals surface area contributed by atoms with Gasteiger partial charge in [0, 0.05) is 44.5 Å². The van der Waals surface area contributed by atoms with Gasteiger partial charge in [-0.25, -0.2) is 4.98 Å². The van der Waals surface area contributed by atoms with E-state index in [9.17, 15) is 9.59 Å². The van der Waals surface area contributed by atoms with Gasteiger partial charge in [-0.05, 0) is 55.2 Å². The van der Waals surface area contributed by atoms with E-state index in [0.717, 1.165) is 38.2 Å². The number of imidazole rings is 1. The van der Waals surface area contributed by atoms with Crippen LogP contribution in [-0.2, 0) is 13.0 Å². The van der Waals surface area contributed by atoms with Crippen LogP contribution in [0.2, 0.25) is 0 Å². The maximum atomic E-state index is 13.4. The van der Waals surface area contributed by atoms with Crippen LogP contribution < -0.4 is 15.0 Å². The van der Waals surface area contributed by atoms with E-state index in [4.69, 9.17) is 9.72 Å². The number of hydrogen-bond acceptors (Lipinski definition) is 5. The van der Waals surface area contributed by atoms with Gasteiger partial charge >= 0.3 is 0 Å². The van der Waals surface area contributed by atoms with Gasteiger partial charge in [-0.1, -0.05) is 43.3 Å². The zero-order chi connectivity index (χ0) is 27.4. The highest BCUT2D eigenvalue weighted by molar-refractivity contribution is 6.06. The summed E-state index contributed by atoms with van der Waals surface area (Å²) in [5.41, 5.74) is 3.85. The summed E-state index contributed by atoms with van der Waals surface area (Å²) in [5, 5.41) is 3.22. The van der Waals surface area contributed by atoms with E-state index in [1.807, 2.05) is 23.5 Å². The molecule has 8 nitrogen and oxygen atoms in total. The number of nitrogens with zero attached hydrogens (tertiary/aromatic N) is 4. The fraction of sp³-hybridized carbons (Fsp3) is 0.323. The highest BCUT2D eigenvalue weighted by atomic mass is 16.5. The number of aryl methyl sites for hydroxylation is 1. The number of anilines is 1. The minimum absolute atomic E-state index is 0.113. The monoisotopic (exact) mass is 525 g/mol. The van der Waals surface area contributed by atoms with Gasteiger partial charge in [0.1, 0.15) is 17.2 Å². The molecule has 1 aliphatic rings.